The molecule has 0 aromatic heterocycles. The van der Waals surface area contributed by atoms with Crippen molar-refractivity contribution >= 4 is 23.5 Å². The van der Waals surface area contributed by atoms with Gasteiger partial charge in [0, 0.05) is 35.1 Å². The van der Waals surface area contributed by atoms with Crippen molar-refractivity contribution in [1.82, 2.24) is 5.32 Å². The van der Waals surface area contributed by atoms with Crippen molar-refractivity contribution in [3.05, 3.63) is 0 Å². The fraction of sp³-hybridized carbons (Fsp3) is 1.00. The monoisotopic (exact) mass is 301 g/mol. The highest BCUT2D eigenvalue weighted by Crippen LogP contribution is 2.36. The average molecular weight is 302 g/mol. The van der Waals surface area contributed by atoms with Crippen LogP contribution in [0.3, 0.4) is 0 Å². The number of hydrogen-bond donors (Lipinski definition) is 1. The second-order valence-corrected chi connectivity index (χ2v) is 9.80. The average Bonchev–Trinajstić information content (AvgIpc) is 2.62. The standard InChI is InChI=1S/C16H31NS2/c1-16(2,3)13-5-4-6-14(8-7-13)17-11-15-12-18-9-10-19-15/h13-15,17H,4-12H2,1-3H3. The summed E-state index contributed by atoms with van der Waals surface area (Å²) in [7, 11) is 0. The molecule has 2 fully saturated rings. The van der Waals surface area contributed by atoms with Crippen molar-refractivity contribution in [3.63, 3.8) is 0 Å². The first kappa shape index (κ1) is 16.0. The molecule has 3 atom stereocenters. The Hall–Kier alpha value is 0.660. The fourth-order valence-corrected chi connectivity index (χ4v) is 5.95. The minimum Gasteiger partial charge on any atom is -0.313 e. The van der Waals surface area contributed by atoms with Gasteiger partial charge in [-0.1, -0.05) is 27.2 Å². The summed E-state index contributed by atoms with van der Waals surface area (Å²) in [5, 5.41) is 4.73. The van der Waals surface area contributed by atoms with Crippen LogP contribution in [0.1, 0.15) is 52.9 Å². The second kappa shape index (κ2) is 7.61. The van der Waals surface area contributed by atoms with Crippen LogP contribution in [0.2, 0.25) is 0 Å². The first-order chi connectivity index (χ1) is 9.05. The minimum atomic E-state index is 0.505. The zero-order valence-electron chi connectivity index (χ0n) is 12.9. The molecule has 0 spiro atoms. The van der Waals surface area contributed by atoms with E-state index in [0.29, 0.717) is 5.41 Å². The molecule has 1 heterocycles. The van der Waals surface area contributed by atoms with E-state index in [4.69, 9.17) is 0 Å². The molecule has 1 saturated carbocycles. The summed E-state index contributed by atoms with van der Waals surface area (Å²) in [6.45, 7) is 8.49. The Bertz CT molecular complexity index is 256. The molecule has 1 aliphatic heterocycles. The number of thioether (sulfide) groups is 2. The number of hydrogen-bond acceptors (Lipinski definition) is 3. The Morgan fingerprint density at radius 1 is 1.05 bits per heavy atom. The van der Waals surface area contributed by atoms with Crippen LogP contribution >= 0.6 is 23.5 Å². The van der Waals surface area contributed by atoms with Gasteiger partial charge in [-0.2, -0.15) is 23.5 Å². The Kier molecular flexibility index (Phi) is 6.42. The van der Waals surface area contributed by atoms with Crippen LogP contribution in [-0.2, 0) is 0 Å². The molecule has 19 heavy (non-hydrogen) atoms. The van der Waals surface area contributed by atoms with Crippen molar-refractivity contribution < 1.29 is 0 Å². The zero-order chi connectivity index (χ0) is 13.7. The largest absolute Gasteiger partial charge is 0.313 e. The lowest BCUT2D eigenvalue weighted by molar-refractivity contribution is 0.213. The predicted molar refractivity (Wildman–Crippen MR) is 91.4 cm³/mol. The molecule has 2 aliphatic rings. The summed E-state index contributed by atoms with van der Waals surface area (Å²) in [5.74, 6) is 5.00. The molecule has 2 rings (SSSR count). The van der Waals surface area contributed by atoms with Crippen LogP contribution in [0.25, 0.3) is 0 Å². The van der Waals surface area contributed by atoms with Gasteiger partial charge in [0.15, 0.2) is 0 Å². The van der Waals surface area contributed by atoms with Gasteiger partial charge in [0.05, 0.1) is 0 Å². The van der Waals surface area contributed by atoms with Gasteiger partial charge in [-0.05, 0) is 37.0 Å². The Labute approximate surface area is 128 Å². The quantitative estimate of drug-likeness (QED) is 0.775. The normalized spacial score (nSPS) is 33.9. The van der Waals surface area contributed by atoms with Gasteiger partial charge in [-0.15, -0.1) is 0 Å². The van der Waals surface area contributed by atoms with E-state index < -0.39 is 0 Å². The smallest absolute Gasteiger partial charge is 0.0263 e. The van der Waals surface area contributed by atoms with Gasteiger partial charge in [0.1, 0.15) is 0 Å². The molecule has 1 nitrogen and oxygen atoms in total. The van der Waals surface area contributed by atoms with Crippen LogP contribution in [0.5, 0.6) is 0 Å². The molecule has 3 unspecified atom stereocenters. The molecule has 0 aromatic carbocycles. The van der Waals surface area contributed by atoms with Crippen molar-refractivity contribution in [2.75, 3.05) is 23.8 Å². The molecular weight excluding hydrogens is 270 g/mol. The zero-order valence-corrected chi connectivity index (χ0v) is 14.5. The SMILES string of the molecule is CC(C)(C)C1CCCC(NCC2CSCCS2)CC1. The van der Waals surface area contributed by atoms with E-state index in [1.54, 1.807) is 0 Å². The van der Waals surface area contributed by atoms with Crippen LogP contribution in [0.15, 0.2) is 0 Å². The topological polar surface area (TPSA) is 12.0 Å². The summed E-state index contributed by atoms with van der Waals surface area (Å²) >= 11 is 4.32. The molecule has 0 aromatic rings. The second-order valence-electron chi connectivity index (χ2n) is 7.24. The first-order valence-electron chi connectivity index (χ1n) is 7.98. The fourth-order valence-electron chi connectivity index (χ4n) is 3.32. The first-order valence-corrected chi connectivity index (χ1v) is 10.2. The maximum absolute atomic E-state index is 3.87. The molecular formula is C16H31NS2. The van der Waals surface area contributed by atoms with E-state index >= 15 is 0 Å². The highest BCUT2D eigenvalue weighted by atomic mass is 32.2. The summed E-state index contributed by atoms with van der Waals surface area (Å²) in [6.07, 6.45) is 7.08. The van der Waals surface area contributed by atoms with Crippen molar-refractivity contribution in [2.45, 2.75) is 64.2 Å². The van der Waals surface area contributed by atoms with E-state index in [-0.39, 0.29) is 0 Å². The third-order valence-electron chi connectivity index (χ3n) is 4.71. The summed E-state index contributed by atoms with van der Waals surface area (Å²) in [4.78, 5) is 0. The lowest BCUT2D eigenvalue weighted by atomic mass is 9.76. The molecule has 1 saturated heterocycles. The van der Waals surface area contributed by atoms with Crippen molar-refractivity contribution in [2.24, 2.45) is 11.3 Å². The maximum Gasteiger partial charge on any atom is 0.0263 e. The van der Waals surface area contributed by atoms with Crippen molar-refractivity contribution in [3.8, 4) is 0 Å². The van der Waals surface area contributed by atoms with E-state index in [1.807, 2.05) is 0 Å². The number of nitrogens with one attached hydrogen (secondary N) is 1. The van der Waals surface area contributed by atoms with Gasteiger partial charge in [0.25, 0.3) is 0 Å². The van der Waals surface area contributed by atoms with Crippen LogP contribution < -0.4 is 5.32 Å². The van der Waals surface area contributed by atoms with Crippen LogP contribution in [-0.4, -0.2) is 35.1 Å². The predicted octanol–water partition coefficient (Wildman–Crippen LogP) is 4.42. The maximum atomic E-state index is 3.87. The molecule has 0 bridgehead atoms. The summed E-state index contributed by atoms with van der Waals surface area (Å²) in [6, 6.07) is 0.792. The van der Waals surface area contributed by atoms with Gasteiger partial charge in [0.2, 0.25) is 0 Å². The summed E-state index contributed by atoms with van der Waals surface area (Å²) < 4.78 is 0. The molecule has 0 radical (unpaired) electrons. The Morgan fingerprint density at radius 3 is 2.58 bits per heavy atom. The highest BCUT2D eigenvalue weighted by molar-refractivity contribution is 8.06. The number of rotatable bonds is 3. The van der Waals surface area contributed by atoms with E-state index in [1.165, 1.54) is 55.9 Å². The highest BCUT2D eigenvalue weighted by Gasteiger charge is 2.28. The minimum absolute atomic E-state index is 0.505. The molecule has 3 heteroatoms. The van der Waals surface area contributed by atoms with Gasteiger partial charge in [-0.25, -0.2) is 0 Å². The molecule has 1 aliphatic carbocycles. The third-order valence-corrected chi connectivity index (χ3v) is 7.56. The van der Waals surface area contributed by atoms with E-state index in [0.717, 1.165) is 17.2 Å². The molecule has 112 valence electrons. The Morgan fingerprint density at radius 2 is 1.89 bits per heavy atom. The van der Waals surface area contributed by atoms with Crippen molar-refractivity contribution in [1.29, 1.82) is 0 Å². The van der Waals surface area contributed by atoms with Gasteiger partial charge < -0.3 is 5.32 Å². The van der Waals surface area contributed by atoms with E-state index in [2.05, 4.69) is 49.6 Å². The molecule has 1 N–H and O–H groups in total. The van der Waals surface area contributed by atoms with Gasteiger partial charge in [-0.3, -0.25) is 0 Å². The Balaban J connectivity index is 1.70. The van der Waals surface area contributed by atoms with Gasteiger partial charge >= 0.3 is 0 Å². The van der Waals surface area contributed by atoms with E-state index in [9.17, 15) is 0 Å². The molecule has 0 amide bonds. The lowest BCUT2D eigenvalue weighted by Gasteiger charge is -2.30. The lowest BCUT2D eigenvalue weighted by Crippen LogP contribution is -2.36. The van der Waals surface area contributed by atoms with Crippen LogP contribution in [0, 0.1) is 11.3 Å². The summed E-state index contributed by atoms with van der Waals surface area (Å²) in [5.41, 5.74) is 0.505. The van der Waals surface area contributed by atoms with Crippen LogP contribution in [0.4, 0.5) is 0 Å². The third kappa shape index (κ3) is 5.51.